The molecule has 230 valence electrons. The molecule has 0 aromatic heterocycles. The van der Waals surface area contributed by atoms with Crippen LogP contribution >= 0.6 is 0 Å². The van der Waals surface area contributed by atoms with E-state index in [0.717, 1.165) is 6.20 Å². The Balaban J connectivity index is 1.52. The van der Waals surface area contributed by atoms with Crippen LogP contribution < -0.4 is 0 Å². The fourth-order valence-corrected chi connectivity index (χ4v) is 4.71. The average molecular weight is 618 g/mol. The zero-order chi connectivity index (χ0) is 32.2. The minimum Gasteiger partial charge on any atom is -0.459 e. The largest absolute Gasteiger partial charge is 0.459 e. The number of rotatable bonds is 8. The number of hydrogen-bond donors (Lipinski definition) is 1. The Hall–Kier alpha value is -5.38. The molecule has 2 heterocycles. The molecule has 1 unspecified atom stereocenters. The Labute approximate surface area is 255 Å². The zero-order valence-electron chi connectivity index (χ0n) is 23.3. The van der Waals surface area contributed by atoms with Crippen LogP contribution in [0.25, 0.3) is 0 Å². The number of amides is 1. The van der Waals surface area contributed by atoms with Crippen molar-refractivity contribution in [3.63, 3.8) is 0 Å². The predicted octanol–water partition coefficient (Wildman–Crippen LogP) is 3.38. The normalized spacial score (nSPS) is 25.2. The van der Waals surface area contributed by atoms with Gasteiger partial charge in [-0.05, 0) is 42.5 Å². The first kappa shape index (κ1) is 31.1. The van der Waals surface area contributed by atoms with E-state index in [1.54, 1.807) is 54.6 Å². The van der Waals surface area contributed by atoms with Gasteiger partial charge in [0.25, 0.3) is 0 Å². The summed E-state index contributed by atoms with van der Waals surface area (Å²) in [6, 6.07) is 23.2. The second-order valence-corrected chi connectivity index (χ2v) is 10.0. The van der Waals surface area contributed by atoms with Gasteiger partial charge in [-0.2, -0.15) is 8.78 Å². The summed E-state index contributed by atoms with van der Waals surface area (Å²) < 4.78 is 52.9. The van der Waals surface area contributed by atoms with Crippen molar-refractivity contribution in [2.45, 2.75) is 36.1 Å². The lowest BCUT2D eigenvalue weighted by Crippen LogP contribution is -2.62. The Morgan fingerprint density at radius 3 is 1.78 bits per heavy atom. The maximum absolute atomic E-state index is 15.1. The standard InChI is InChI=1S/C33H25F2NO9/c1-2-32(41)18-19-36(31(40)33(32,34)35)27-26(45-30(39)23-16-10-5-11-17-23)25(44-29(38)22-14-8-4-9-15-22)24(43-27)20-42-28(37)21-12-6-3-7-13-21/h1,3-19,24-27,41H,20H2/t24-,25-,26-,27-,32?/m1/s1. The lowest BCUT2D eigenvalue weighted by Gasteiger charge is -2.38. The van der Waals surface area contributed by atoms with E-state index in [2.05, 4.69) is 0 Å². The Kier molecular flexibility index (Phi) is 8.76. The van der Waals surface area contributed by atoms with Crippen molar-refractivity contribution in [3.05, 3.63) is 120 Å². The molecule has 5 atom stereocenters. The molecule has 2 aliphatic rings. The molecule has 1 amide bonds. The van der Waals surface area contributed by atoms with Crippen LogP contribution in [0.4, 0.5) is 8.78 Å². The third-order valence-electron chi connectivity index (χ3n) is 7.13. The number of benzene rings is 3. The van der Waals surface area contributed by atoms with Gasteiger partial charge in [0.2, 0.25) is 5.60 Å². The summed E-state index contributed by atoms with van der Waals surface area (Å²) in [4.78, 5) is 52.6. The number of nitrogens with zero attached hydrogens (tertiary/aromatic N) is 1. The first-order valence-corrected chi connectivity index (χ1v) is 13.6. The number of alkyl halides is 2. The number of hydrogen-bond acceptors (Lipinski definition) is 9. The fraction of sp³-hybridized carbons (Fsp3) is 0.212. The maximum atomic E-state index is 15.1. The summed E-state index contributed by atoms with van der Waals surface area (Å²) in [6.45, 7) is -0.604. The average Bonchev–Trinajstić information content (AvgIpc) is 3.39. The van der Waals surface area contributed by atoms with Gasteiger partial charge < -0.3 is 24.1 Å². The third-order valence-corrected chi connectivity index (χ3v) is 7.13. The number of halogens is 2. The molecule has 0 saturated carbocycles. The topological polar surface area (TPSA) is 129 Å². The third kappa shape index (κ3) is 6.17. The van der Waals surface area contributed by atoms with Crippen molar-refractivity contribution in [2.75, 3.05) is 6.61 Å². The van der Waals surface area contributed by atoms with E-state index >= 15 is 8.78 Å². The number of esters is 3. The van der Waals surface area contributed by atoms with Gasteiger partial charge in [0.1, 0.15) is 12.7 Å². The molecule has 0 radical (unpaired) electrons. The first-order valence-electron chi connectivity index (χ1n) is 13.6. The van der Waals surface area contributed by atoms with Gasteiger partial charge in [-0.25, -0.2) is 14.4 Å². The van der Waals surface area contributed by atoms with E-state index in [1.807, 2.05) is 0 Å². The van der Waals surface area contributed by atoms with Gasteiger partial charge in [0, 0.05) is 6.20 Å². The van der Waals surface area contributed by atoms with Gasteiger partial charge in [0.05, 0.1) is 16.7 Å². The molecule has 2 aliphatic heterocycles. The van der Waals surface area contributed by atoms with Crippen LogP contribution in [0.3, 0.4) is 0 Å². The smallest absolute Gasteiger partial charge is 0.367 e. The Bertz CT molecular complexity index is 1640. The Morgan fingerprint density at radius 1 is 0.822 bits per heavy atom. The van der Waals surface area contributed by atoms with E-state index in [4.69, 9.17) is 25.4 Å². The first-order chi connectivity index (χ1) is 21.6. The van der Waals surface area contributed by atoms with E-state index in [0.29, 0.717) is 11.0 Å². The number of carbonyl (C=O) groups is 4. The van der Waals surface area contributed by atoms with Crippen LogP contribution in [0.2, 0.25) is 0 Å². The van der Waals surface area contributed by atoms with E-state index in [9.17, 15) is 24.3 Å². The molecule has 3 aromatic carbocycles. The molecule has 3 aromatic rings. The number of aliphatic hydroxyl groups is 1. The fourth-order valence-electron chi connectivity index (χ4n) is 4.71. The summed E-state index contributed by atoms with van der Waals surface area (Å²) >= 11 is 0. The lowest BCUT2D eigenvalue weighted by atomic mass is 9.92. The summed E-state index contributed by atoms with van der Waals surface area (Å²) in [7, 11) is 0. The molecule has 1 fully saturated rings. The lowest BCUT2D eigenvalue weighted by molar-refractivity contribution is -0.194. The van der Waals surface area contributed by atoms with Gasteiger partial charge in [-0.3, -0.25) is 9.69 Å². The van der Waals surface area contributed by atoms with Crippen LogP contribution in [0.5, 0.6) is 0 Å². The van der Waals surface area contributed by atoms with Crippen molar-refractivity contribution in [1.82, 2.24) is 4.90 Å². The molecule has 1 saturated heterocycles. The molecule has 0 aliphatic carbocycles. The van der Waals surface area contributed by atoms with E-state index in [1.165, 1.54) is 42.3 Å². The highest BCUT2D eigenvalue weighted by Gasteiger charge is 2.64. The van der Waals surface area contributed by atoms with Crippen molar-refractivity contribution >= 4 is 23.8 Å². The maximum Gasteiger partial charge on any atom is 0.367 e. The van der Waals surface area contributed by atoms with Gasteiger partial charge >= 0.3 is 29.7 Å². The molecule has 10 nitrogen and oxygen atoms in total. The molecular weight excluding hydrogens is 592 g/mol. The van der Waals surface area contributed by atoms with Crippen LogP contribution in [0, 0.1) is 12.3 Å². The van der Waals surface area contributed by atoms with Crippen molar-refractivity contribution in [1.29, 1.82) is 0 Å². The molecule has 0 spiro atoms. The van der Waals surface area contributed by atoms with Crippen molar-refractivity contribution in [3.8, 4) is 12.3 Å². The second-order valence-electron chi connectivity index (χ2n) is 10.0. The molecule has 45 heavy (non-hydrogen) atoms. The Morgan fingerprint density at radius 2 is 1.29 bits per heavy atom. The van der Waals surface area contributed by atoms with Crippen LogP contribution in [-0.4, -0.2) is 76.5 Å². The highest BCUT2D eigenvalue weighted by Crippen LogP contribution is 2.39. The quantitative estimate of drug-likeness (QED) is 0.230. The van der Waals surface area contributed by atoms with Crippen molar-refractivity contribution < 1.29 is 52.0 Å². The monoisotopic (exact) mass is 617 g/mol. The number of ether oxygens (including phenoxy) is 4. The summed E-state index contributed by atoms with van der Waals surface area (Å²) in [5.74, 6) is -7.65. The molecule has 5 rings (SSSR count). The summed E-state index contributed by atoms with van der Waals surface area (Å²) in [6.07, 6.45) is -0.204. The molecule has 12 heteroatoms. The molecular formula is C33H25F2NO9. The highest BCUT2D eigenvalue weighted by molar-refractivity contribution is 5.91. The number of carbonyl (C=O) groups excluding carboxylic acids is 4. The van der Waals surface area contributed by atoms with E-state index < -0.39 is 66.5 Å². The summed E-state index contributed by atoms with van der Waals surface area (Å²) in [5.41, 5.74) is -2.93. The van der Waals surface area contributed by atoms with Gasteiger partial charge in [0.15, 0.2) is 18.4 Å². The SMILES string of the molecule is C#CC1(O)C=CN([C@@H]2O[C@H](COC(=O)c3ccccc3)[C@@H](OC(=O)c3ccccc3)[C@H]2OC(=O)c2ccccc2)C(=O)C1(F)F. The van der Waals surface area contributed by atoms with Gasteiger partial charge in [-0.1, -0.05) is 60.5 Å². The minimum absolute atomic E-state index is 0.0518. The molecule has 1 N–H and O–H groups in total. The van der Waals surface area contributed by atoms with E-state index in [-0.39, 0.29) is 16.7 Å². The predicted molar refractivity (Wildman–Crippen MR) is 151 cm³/mol. The zero-order valence-corrected chi connectivity index (χ0v) is 23.3. The van der Waals surface area contributed by atoms with Crippen LogP contribution in [-0.2, 0) is 23.7 Å². The van der Waals surface area contributed by atoms with Crippen LogP contribution in [0.1, 0.15) is 31.1 Å². The van der Waals surface area contributed by atoms with Crippen molar-refractivity contribution in [2.24, 2.45) is 0 Å². The van der Waals surface area contributed by atoms with Crippen LogP contribution in [0.15, 0.2) is 103 Å². The highest BCUT2D eigenvalue weighted by atomic mass is 19.3. The number of terminal acetylenes is 1. The minimum atomic E-state index is -4.53. The van der Waals surface area contributed by atoms with Gasteiger partial charge in [-0.15, -0.1) is 6.42 Å². The second kappa shape index (κ2) is 12.7. The molecule has 0 bridgehead atoms. The summed E-state index contributed by atoms with van der Waals surface area (Å²) in [5, 5.41) is 10.2.